The quantitative estimate of drug-likeness (QED) is 0.427. The van der Waals surface area contributed by atoms with Crippen LogP contribution < -0.4 is 11.4 Å². The molecule has 5 N–H and O–H groups in total. The summed E-state index contributed by atoms with van der Waals surface area (Å²) in [5, 5.41) is 28.5. The molecule has 0 aliphatic carbocycles. The number of nitrogen functional groups attached to an aromatic ring is 1. The number of benzene rings is 1. The van der Waals surface area contributed by atoms with Crippen LogP contribution in [0, 0.1) is 0 Å². The highest BCUT2D eigenvalue weighted by Gasteiger charge is 2.46. The molecule has 2 aromatic heterocycles. The molecule has 0 amide bonds. The van der Waals surface area contributed by atoms with E-state index in [4.69, 9.17) is 15.6 Å². The normalized spacial score (nSPS) is 23.8. The number of aliphatic hydroxyl groups excluding tert-OH is 2. The number of alkyl halides is 1. The molecule has 1 fully saturated rings. The molecule has 3 heterocycles. The van der Waals surface area contributed by atoms with Crippen LogP contribution in [0.1, 0.15) is 22.1 Å². The van der Waals surface area contributed by atoms with Crippen molar-refractivity contribution in [2.24, 2.45) is 0 Å². The fourth-order valence-electron chi connectivity index (χ4n) is 3.46. The molecule has 0 spiro atoms. The minimum atomic E-state index is -1.90. The molecule has 1 saturated heterocycles. The van der Waals surface area contributed by atoms with Crippen LogP contribution in [0.25, 0.3) is 11.2 Å². The van der Waals surface area contributed by atoms with E-state index in [0.717, 1.165) is 4.57 Å². The molecular weight excluding hydrogens is 401 g/mol. The molecule has 4 atom stereocenters. The number of carboxylic acids is 1. The Balaban J connectivity index is 1.81. The van der Waals surface area contributed by atoms with E-state index in [1.54, 1.807) is 12.1 Å². The molecule has 30 heavy (non-hydrogen) atoms. The lowest BCUT2D eigenvalue weighted by Crippen LogP contribution is -2.34. The number of rotatable bonds is 5. The van der Waals surface area contributed by atoms with Crippen molar-refractivity contribution in [3.05, 3.63) is 52.1 Å². The average molecular weight is 419 g/mol. The van der Waals surface area contributed by atoms with Gasteiger partial charge in [0.2, 0.25) is 5.95 Å². The standard InChI is InChI=1S/C18H18FN5O6/c19-12-11(7-25)30-15(13(12)26)24-14-10(5-21-17(20)22-14)23(18(24)29)6-8-1-3-9(4-2-8)16(27)28/h1-5,11-13,15,25-26H,6-7H2,(H,27,28)(H2,20,21,22)/t11-,12-,13-,15-/m1/s1. The maximum absolute atomic E-state index is 14.2. The summed E-state index contributed by atoms with van der Waals surface area (Å²) >= 11 is 0. The summed E-state index contributed by atoms with van der Waals surface area (Å²) < 4.78 is 21.8. The van der Waals surface area contributed by atoms with E-state index in [-0.39, 0.29) is 29.2 Å². The molecular formula is C18H18FN5O6. The van der Waals surface area contributed by atoms with Gasteiger partial charge in [0.05, 0.1) is 24.9 Å². The van der Waals surface area contributed by atoms with Gasteiger partial charge >= 0.3 is 11.7 Å². The van der Waals surface area contributed by atoms with E-state index in [1.807, 2.05) is 0 Å². The molecule has 0 unspecified atom stereocenters. The topological polar surface area (TPSA) is 166 Å². The fraction of sp³-hybridized carbons (Fsp3) is 0.333. The Bertz CT molecular complexity index is 1160. The molecule has 4 rings (SSSR count). The van der Waals surface area contributed by atoms with Gasteiger partial charge in [0, 0.05) is 0 Å². The maximum Gasteiger partial charge on any atom is 0.335 e. The van der Waals surface area contributed by atoms with E-state index in [2.05, 4.69) is 9.97 Å². The van der Waals surface area contributed by atoms with Crippen molar-refractivity contribution in [3.63, 3.8) is 0 Å². The van der Waals surface area contributed by atoms with Gasteiger partial charge in [0.1, 0.15) is 17.7 Å². The van der Waals surface area contributed by atoms with Crippen LogP contribution >= 0.6 is 0 Å². The second kappa shape index (κ2) is 7.48. The largest absolute Gasteiger partial charge is 0.478 e. The van der Waals surface area contributed by atoms with Crippen molar-refractivity contribution in [2.45, 2.75) is 31.2 Å². The van der Waals surface area contributed by atoms with Gasteiger partial charge in [0.25, 0.3) is 0 Å². The van der Waals surface area contributed by atoms with Crippen molar-refractivity contribution in [2.75, 3.05) is 12.3 Å². The van der Waals surface area contributed by atoms with Crippen molar-refractivity contribution >= 4 is 23.1 Å². The van der Waals surface area contributed by atoms with Crippen LogP contribution in [-0.2, 0) is 11.3 Å². The first-order valence-electron chi connectivity index (χ1n) is 8.95. The van der Waals surface area contributed by atoms with Gasteiger partial charge in [-0.3, -0.25) is 4.57 Å². The molecule has 3 aromatic rings. The number of aromatic carboxylic acids is 1. The SMILES string of the molecule is Nc1ncc2c(n1)n([C@@H]1O[C@H](CO)[C@@H](F)[C@H]1O)c(=O)n2Cc1ccc(C(=O)O)cc1. The highest BCUT2D eigenvalue weighted by atomic mass is 19.1. The van der Waals surface area contributed by atoms with Gasteiger partial charge in [-0.25, -0.2) is 23.5 Å². The van der Waals surface area contributed by atoms with E-state index in [0.29, 0.717) is 5.56 Å². The number of carboxylic acid groups (broad SMARTS) is 1. The number of hydrogen-bond donors (Lipinski definition) is 4. The third kappa shape index (κ3) is 3.20. The summed E-state index contributed by atoms with van der Waals surface area (Å²) in [6.07, 6.45) is -4.99. The van der Waals surface area contributed by atoms with Gasteiger partial charge in [-0.05, 0) is 17.7 Å². The first-order chi connectivity index (χ1) is 14.3. The predicted molar refractivity (Wildman–Crippen MR) is 101 cm³/mol. The van der Waals surface area contributed by atoms with Gasteiger partial charge in [-0.15, -0.1) is 0 Å². The number of carbonyl (C=O) groups is 1. The molecule has 1 aromatic carbocycles. The molecule has 0 radical (unpaired) electrons. The summed E-state index contributed by atoms with van der Waals surface area (Å²) in [7, 11) is 0. The van der Waals surface area contributed by atoms with E-state index in [9.17, 15) is 24.2 Å². The fourth-order valence-corrected chi connectivity index (χ4v) is 3.46. The van der Waals surface area contributed by atoms with E-state index >= 15 is 0 Å². The zero-order valence-electron chi connectivity index (χ0n) is 15.4. The number of aromatic nitrogens is 4. The Labute approximate surface area is 167 Å². The van der Waals surface area contributed by atoms with Crippen LogP contribution in [-0.4, -0.2) is 65.4 Å². The van der Waals surface area contributed by atoms with Crippen LogP contribution in [0.15, 0.2) is 35.3 Å². The van der Waals surface area contributed by atoms with Crippen LogP contribution in [0.4, 0.5) is 10.3 Å². The Kier molecular flexibility index (Phi) is 4.97. The van der Waals surface area contributed by atoms with Crippen molar-refractivity contribution in [1.82, 2.24) is 19.1 Å². The predicted octanol–water partition coefficient (Wildman–Crippen LogP) is -0.490. The number of imidazole rings is 1. The Morgan fingerprint density at radius 2 is 2.00 bits per heavy atom. The lowest BCUT2D eigenvalue weighted by atomic mass is 10.1. The number of hydrogen-bond acceptors (Lipinski definition) is 8. The number of fused-ring (bicyclic) bond motifs is 1. The number of nitrogens with zero attached hydrogens (tertiary/aromatic N) is 4. The zero-order chi connectivity index (χ0) is 21.6. The van der Waals surface area contributed by atoms with Crippen LogP contribution in [0.5, 0.6) is 0 Å². The summed E-state index contributed by atoms with van der Waals surface area (Å²) in [5.41, 5.74) is 5.98. The van der Waals surface area contributed by atoms with Crippen LogP contribution in [0.3, 0.4) is 0 Å². The molecule has 1 aliphatic heterocycles. The number of nitrogens with two attached hydrogens (primary N) is 1. The number of halogens is 1. The third-order valence-electron chi connectivity index (χ3n) is 4.99. The minimum Gasteiger partial charge on any atom is -0.478 e. The minimum absolute atomic E-state index is 0.0286. The summed E-state index contributed by atoms with van der Waals surface area (Å²) in [4.78, 5) is 32.1. The lowest BCUT2D eigenvalue weighted by Gasteiger charge is -2.15. The number of aliphatic hydroxyl groups is 2. The summed E-state index contributed by atoms with van der Waals surface area (Å²) in [6, 6.07) is 5.91. The van der Waals surface area contributed by atoms with E-state index in [1.165, 1.54) is 22.9 Å². The second-order valence-corrected chi connectivity index (χ2v) is 6.86. The average Bonchev–Trinajstić information content (AvgIpc) is 3.15. The summed E-state index contributed by atoms with van der Waals surface area (Å²) in [6.45, 7) is -0.643. The highest BCUT2D eigenvalue weighted by Crippen LogP contribution is 2.32. The third-order valence-corrected chi connectivity index (χ3v) is 4.99. The van der Waals surface area contributed by atoms with Gasteiger partial charge in [-0.1, -0.05) is 12.1 Å². The molecule has 0 saturated carbocycles. The van der Waals surface area contributed by atoms with Crippen molar-refractivity contribution in [1.29, 1.82) is 0 Å². The molecule has 12 heteroatoms. The van der Waals surface area contributed by atoms with Crippen molar-refractivity contribution < 1.29 is 29.2 Å². The smallest absolute Gasteiger partial charge is 0.335 e. The molecule has 1 aliphatic rings. The van der Waals surface area contributed by atoms with Crippen molar-refractivity contribution in [3.8, 4) is 0 Å². The van der Waals surface area contributed by atoms with Gasteiger partial charge < -0.3 is 25.8 Å². The molecule has 11 nitrogen and oxygen atoms in total. The van der Waals surface area contributed by atoms with Gasteiger partial charge in [0.15, 0.2) is 18.0 Å². The maximum atomic E-state index is 14.2. The highest BCUT2D eigenvalue weighted by molar-refractivity contribution is 5.87. The molecule has 158 valence electrons. The van der Waals surface area contributed by atoms with E-state index < -0.39 is 42.9 Å². The number of ether oxygens (including phenoxy) is 1. The summed E-state index contributed by atoms with van der Waals surface area (Å²) in [5.74, 6) is -1.21. The monoisotopic (exact) mass is 419 g/mol. The van der Waals surface area contributed by atoms with Crippen LogP contribution in [0.2, 0.25) is 0 Å². The van der Waals surface area contributed by atoms with Gasteiger partial charge in [-0.2, -0.15) is 4.98 Å². The first kappa shape index (κ1) is 19.9. The lowest BCUT2D eigenvalue weighted by molar-refractivity contribution is -0.0513. The Morgan fingerprint density at radius 1 is 1.30 bits per heavy atom. The number of anilines is 1. The zero-order valence-corrected chi connectivity index (χ0v) is 15.4. The Hall–Kier alpha value is -3.35. The molecule has 0 bridgehead atoms. The Morgan fingerprint density at radius 3 is 2.60 bits per heavy atom. The second-order valence-electron chi connectivity index (χ2n) is 6.86. The first-order valence-corrected chi connectivity index (χ1v) is 8.95.